The van der Waals surface area contributed by atoms with Gasteiger partial charge in [0.1, 0.15) is 5.60 Å². The Hall–Kier alpha value is -2.04. The van der Waals surface area contributed by atoms with Crippen LogP contribution in [0.25, 0.3) is 0 Å². The minimum atomic E-state index is -0.537. The van der Waals surface area contributed by atoms with Gasteiger partial charge in [0.25, 0.3) is 0 Å². The first-order valence-electron chi connectivity index (χ1n) is 8.04. The number of amides is 2. The summed E-state index contributed by atoms with van der Waals surface area (Å²) in [6, 6.07) is 8.12. The summed E-state index contributed by atoms with van der Waals surface area (Å²) < 4.78 is 5.12. The summed E-state index contributed by atoms with van der Waals surface area (Å²) in [6.07, 6.45) is 0.534. The maximum Gasteiger partial charge on any atom is 0.407 e. The zero-order valence-electron chi connectivity index (χ0n) is 14.7. The van der Waals surface area contributed by atoms with Crippen molar-refractivity contribution in [3.05, 3.63) is 35.4 Å². The van der Waals surface area contributed by atoms with Crippen molar-refractivity contribution in [3.63, 3.8) is 0 Å². The summed E-state index contributed by atoms with van der Waals surface area (Å²) >= 11 is 0. The summed E-state index contributed by atoms with van der Waals surface area (Å²) in [7, 11) is 0. The fourth-order valence-electron chi connectivity index (χ4n) is 2.08. The van der Waals surface area contributed by atoms with Crippen LogP contribution >= 0.6 is 0 Å². The molecule has 1 aromatic carbocycles. The molecule has 0 heterocycles. The SMILES string of the molecule is CC[C@@H](NC(=O)CCNC(=O)OC(C)(C)C)c1ccc(C)cc1. The summed E-state index contributed by atoms with van der Waals surface area (Å²) in [5.41, 5.74) is 1.74. The molecule has 1 atom stereocenters. The molecule has 1 rings (SSSR count). The van der Waals surface area contributed by atoms with Crippen LogP contribution in [0.3, 0.4) is 0 Å². The van der Waals surface area contributed by atoms with Crippen molar-refractivity contribution >= 4 is 12.0 Å². The molecule has 0 aliphatic carbocycles. The monoisotopic (exact) mass is 320 g/mol. The number of hydrogen-bond acceptors (Lipinski definition) is 3. The molecule has 0 bridgehead atoms. The first kappa shape index (κ1) is 19.0. The molecule has 1 aromatic rings. The molecule has 0 aliphatic heterocycles. The Morgan fingerprint density at radius 3 is 2.30 bits per heavy atom. The fraction of sp³-hybridized carbons (Fsp3) is 0.556. The first-order valence-corrected chi connectivity index (χ1v) is 8.04. The van der Waals surface area contributed by atoms with Crippen LogP contribution in [0, 0.1) is 6.92 Å². The molecular formula is C18H28N2O3. The number of nitrogens with one attached hydrogen (secondary N) is 2. The van der Waals surface area contributed by atoms with Gasteiger partial charge in [-0.25, -0.2) is 4.79 Å². The van der Waals surface area contributed by atoms with Crippen LogP contribution in [0.2, 0.25) is 0 Å². The first-order chi connectivity index (χ1) is 10.7. The predicted octanol–water partition coefficient (Wildman–Crippen LogP) is 3.48. The van der Waals surface area contributed by atoms with Gasteiger partial charge >= 0.3 is 6.09 Å². The molecule has 2 amide bonds. The second kappa shape index (κ2) is 8.56. The molecule has 0 fully saturated rings. The van der Waals surface area contributed by atoms with Crippen LogP contribution in [0.5, 0.6) is 0 Å². The zero-order valence-corrected chi connectivity index (χ0v) is 14.7. The van der Waals surface area contributed by atoms with Gasteiger partial charge in [0.15, 0.2) is 0 Å². The van der Waals surface area contributed by atoms with E-state index in [2.05, 4.69) is 10.6 Å². The van der Waals surface area contributed by atoms with E-state index in [0.717, 1.165) is 12.0 Å². The lowest BCUT2D eigenvalue weighted by Crippen LogP contribution is -2.35. The van der Waals surface area contributed by atoms with Crippen molar-refractivity contribution in [1.29, 1.82) is 0 Å². The molecule has 0 aliphatic rings. The van der Waals surface area contributed by atoms with Crippen LogP contribution in [-0.2, 0) is 9.53 Å². The molecule has 5 heteroatoms. The minimum Gasteiger partial charge on any atom is -0.444 e. The predicted molar refractivity (Wildman–Crippen MR) is 91.2 cm³/mol. The highest BCUT2D eigenvalue weighted by Gasteiger charge is 2.16. The van der Waals surface area contributed by atoms with Gasteiger partial charge in [-0.05, 0) is 39.7 Å². The molecule has 0 radical (unpaired) electrons. The number of hydrogen-bond donors (Lipinski definition) is 2. The van der Waals surface area contributed by atoms with E-state index in [9.17, 15) is 9.59 Å². The largest absolute Gasteiger partial charge is 0.444 e. The van der Waals surface area contributed by atoms with E-state index in [0.29, 0.717) is 0 Å². The van der Waals surface area contributed by atoms with Crippen LogP contribution in [0.4, 0.5) is 4.79 Å². The number of carbonyl (C=O) groups is 2. The maximum absolute atomic E-state index is 12.0. The van der Waals surface area contributed by atoms with Gasteiger partial charge in [0, 0.05) is 13.0 Å². The lowest BCUT2D eigenvalue weighted by Gasteiger charge is -2.20. The fourth-order valence-corrected chi connectivity index (χ4v) is 2.08. The highest BCUT2D eigenvalue weighted by Crippen LogP contribution is 2.17. The van der Waals surface area contributed by atoms with E-state index in [4.69, 9.17) is 4.74 Å². The van der Waals surface area contributed by atoms with E-state index >= 15 is 0 Å². The van der Waals surface area contributed by atoms with Crippen LogP contribution in [-0.4, -0.2) is 24.1 Å². The Balaban J connectivity index is 2.40. The average molecular weight is 320 g/mol. The van der Waals surface area contributed by atoms with E-state index in [1.54, 1.807) is 20.8 Å². The van der Waals surface area contributed by atoms with Crippen LogP contribution < -0.4 is 10.6 Å². The van der Waals surface area contributed by atoms with Gasteiger partial charge < -0.3 is 15.4 Å². The Morgan fingerprint density at radius 2 is 1.78 bits per heavy atom. The molecule has 0 unspecified atom stereocenters. The molecule has 5 nitrogen and oxygen atoms in total. The normalized spacial score (nSPS) is 12.4. The van der Waals surface area contributed by atoms with Gasteiger partial charge in [-0.1, -0.05) is 36.8 Å². The van der Waals surface area contributed by atoms with Gasteiger partial charge in [-0.2, -0.15) is 0 Å². The molecule has 0 spiro atoms. The topological polar surface area (TPSA) is 67.4 Å². The van der Waals surface area contributed by atoms with Crippen molar-refractivity contribution in [2.75, 3.05) is 6.54 Å². The van der Waals surface area contributed by atoms with Crippen LogP contribution in [0.1, 0.15) is 57.7 Å². The van der Waals surface area contributed by atoms with E-state index in [1.807, 2.05) is 38.1 Å². The highest BCUT2D eigenvalue weighted by atomic mass is 16.6. The molecule has 128 valence electrons. The molecule has 0 aromatic heterocycles. The summed E-state index contributed by atoms with van der Waals surface area (Å²) in [4.78, 5) is 23.5. The second-order valence-electron chi connectivity index (χ2n) is 6.62. The summed E-state index contributed by atoms with van der Waals surface area (Å²) in [5, 5.41) is 5.58. The third kappa shape index (κ3) is 7.68. The van der Waals surface area contributed by atoms with Crippen molar-refractivity contribution < 1.29 is 14.3 Å². The van der Waals surface area contributed by atoms with Crippen molar-refractivity contribution in [1.82, 2.24) is 10.6 Å². The lowest BCUT2D eigenvalue weighted by molar-refractivity contribution is -0.121. The van der Waals surface area contributed by atoms with Crippen molar-refractivity contribution in [2.45, 2.75) is 59.1 Å². The summed E-state index contributed by atoms with van der Waals surface area (Å²) in [5.74, 6) is -0.0894. The third-order valence-electron chi connectivity index (χ3n) is 3.24. The number of rotatable bonds is 6. The quantitative estimate of drug-likeness (QED) is 0.843. The molecule has 2 N–H and O–H groups in total. The zero-order chi connectivity index (χ0) is 17.5. The number of benzene rings is 1. The molecule has 0 saturated carbocycles. The lowest BCUT2D eigenvalue weighted by atomic mass is 10.0. The number of carbonyl (C=O) groups excluding carboxylic acids is 2. The Kier molecular flexibility index (Phi) is 7.07. The van der Waals surface area contributed by atoms with Crippen LogP contribution in [0.15, 0.2) is 24.3 Å². The Labute approximate surface area is 138 Å². The van der Waals surface area contributed by atoms with E-state index in [1.165, 1.54) is 5.56 Å². The number of alkyl carbamates (subject to hydrolysis) is 1. The number of ether oxygens (including phenoxy) is 1. The Morgan fingerprint density at radius 1 is 1.17 bits per heavy atom. The van der Waals surface area contributed by atoms with Gasteiger partial charge in [0.05, 0.1) is 6.04 Å². The summed E-state index contributed by atoms with van der Waals surface area (Å²) in [6.45, 7) is 9.71. The molecular weight excluding hydrogens is 292 g/mol. The number of aryl methyl sites for hydroxylation is 1. The smallest absolute Gasteiger partial charge is 0.407 e. The van der Waals surface area contributed by atoms with Gasteiger partial charge in [-0.15, -0.1) is 0 Å². The maximum atomic E-state index is 12.0. The minimum absolute atomic E-state index is 0.00960. The van der Waals surface area contributed by atoms with Crippen molar-refractivity contribution in [3.8, 4) is 0 Å². The average Bonchev–Trinajstić information content (AvgIpc) is 2.44. The van der Waals surface area contributed by atoms with E-state index < -0.39 is 11.7 Å². The molecule has 23 heavy (non-hydrogen) atoms. The van der Waals surface area contributed by atoms with E-state index in [-0.39, 0.29) is 24.9 Å². The Bertz CT molecular complexity index is 518. The van der Waals surface area contributed by atoms with Gasteiger partial charge in [0.2, 0.25) is 5.91 Å². The second-order valence-corrected chi connectivity index (χ2v) is 6.62. The third-order valence-corrected chi connectivity index (χ3v) is 3.24. The van der Waals surface area contributed by atoms with Crippen molar-refractivity contribution in [2.24, 2.45) is 0 Å². The highest BCUT2D eigenvalue weighted by molar-refractivity contribution is 5.77. The van der Waals surface area contributed by atoms with Gasteiger partial charge in [-0.3, -0.25) is 4.79 Å². The standard InChI is InChI=1S/C18H28N2O3/c1-6-15(14-9-7-13(2)8-10-14)20-16(21)11-12-19-17(22)23-18(3,4)5/h7-10,15H,6,11-12H2,1-5H3,(H,19,22)(H,20,21)/t15-/m1/s1. The molecule has 0 saturated heterocycles.